The summed E-state index contributed by atoms with van der Waals surface area (Å²) < 4.78 is 51.5. The van der Waals surface area contributed by atoms with Crippen molar-refractivity contribution >= 4 is 39.8 Å². The molecule has 0 aliphatic carbocycles. The lowest BCUT2D eigenvalue weighted by Crippen LogP contribution is -2.13. The lowest BCUT2D eigenvalue weighted by atomic mass is 10.0. The fraction of sp³-hybridized carbons (Fsp3) is 0.0400. The maximum Gasteiger partial charge on any atom is 0.417 e. The molecule has 0 bridgehead atoms. The molecular formula is C25H15F3O5S. The van der Waals surface area contributed by atoms with E-state index in [9.17, 15) is 27.9 Å². The molecule has 0 unspecified atom stereocenters. The molecule has 34 heavy (non-hydrogen) atoms. The number of ether oxygens (including phenoxy) is 2. The van der Waals surface area contributed by atoms with Gasteiger partial charge >= 0.3 is 6.18 Å². The van der Waals surface area contributed by atoms with Gasteiger partial charge in [0.15, 0.2) is 5.75 Å². The molecule has 1 heterocycles. The highest BCUT2D eigenvalue weighted by Gasteiger charge is 2.36. The average Bonchev–Trinajstić information content (AvgIpc) is 3.16. The quantitative estimate of drug-likeness (QED) is 0.178. The number of hydrogen-bond donors (Lipinski definition) is 1. The van der Waals surface area contributed by atoms with Gasteiger partial charge in [0.25, 0.3) is 6.47 Å². The fourth-order valence-corrected chi connectivity index (χ4v) is 4.40. The highest BCUT2D eigenvalue weighted by molar-refractivity contribution is 7.21. The second-order valence-corrected chi connectivity index (χ2v) is 8.07. The first-order chi connectivity index (χ1) is 16.3. The summed E-state index contributed by atoms with van der Waals surface area (Å²) in [5.74, 6) is -0.466. The number of phenolic OH excluding ortho intramolecular Hbond substituents is 1. The van der Waals surface area contributed by atoms with Crippen LogP contribution in [-0.2, 0) is 15.7 Å². The van der Waals surface area contributed by atoms with Gasteiger partial charge in [-0.1, -0.05) is 30.3 Å². The third-order valence-corrected chi connectivity index (χ3v) is 5.94. The molecule has 1 aromatic heterocycles. The van der Waals surface area contributed by atoms with Crippen LogP contribution in [0.25, 0.3) is 16.2 Å². The molecule has 172 valence electrons. The van der Waals surface area contributed by atoms with Gasteiger partial charge in [-0.25, -0.2) is 0 Å². The van der Waals surface area contributed by atoms with Crippen molar-refractivity contribution in [2.24, 2.45) is 0 Å². The van der Waals surface area contributed by atoms with Crippen LogP contribution in [0.5, 0.6) is 17.2 Å². The molecular weight excluding hydrogens is 469 g/mol. The number of fused-ring (bicyclic) bond motifs is 1. The van der Waals surface area contributed by atoms with Crippen molar-refractivity contribution in [1.29, 1.82) is 0 Å². The van der Waals surface area contributed by atoms with E-state index in [1.807, 2.05) is 0 Å². The molecule has 0 spiro atoms. The second-order valence-electron chi connectivity index (χ2n) is 7.02. The molecule has 0 aliphatic rings. The summed E-state index contributed by atoms with van der Waals surface area (Å²) in [6, 6.07) is 15.5. The van der Waals surface area contributed by atoms with Crippen LogP contribution < -0.4 is 4.74 Å². The molecule has 1 N–H and O–H groups in total. The van der Waals surface area contributed by atoms with Crippen LogP contribution in [0.15, 0.2) is 73.0 Å². The first-order valence-corrected chi connectivity index (χ1v) is 10.6. The Kier molecular flexibility index (Phi) is 6.38. The summed E-state index contributed by atoms with van der Waals surface area (Å²) in [5.41, 5.74) is -0.837. The minimum absolute atomic E-state index is 0.0272. The highest BCUT2D eigenvalue weighted by Crippen LogP contribution is 2.44. The molecule has 0 fully saturated rings. The Labute approximate surface area is 195 Å². The number of carbonyl (C=O) groups is 2. The monoisotopic (exact) mass is 484 g/mol. The predicted octanol–water partition coefficient (Wildman–Crippen LogP) is 6.79. The zero-order valence-corrected chi connectivity index (χ0v) is 18.0. The van der Waals surface area contributed by atoms with Gasteiger partial charge in [0.1, 0.15) is 16.4 Å². The molecule has 9 heteroatoms. The maximum absolute atomic E-state index is 13.5. The van der Waals surface area contributed by atoms with Gasteiger partial charge < -0.3 is 14.6 Å². The number of phenols is 1. The van der Waals surface area contributed by atoms with Crippen LogP contribution >= 0.6 is 11.3 Å². The van der Waals surface area contributed by atoms with Crippen molar-refractivity contribution in [2.75, 3.05) is 0 Å². The Hall–Kier alpha value is -4.11. The van der Waals surface area contributed by atoms with Gasteiger partial charge in [-0.15, -0.1) is 11.3 Å². The predicted molar refractivity (Wildman–Crippen MR) is 121 cm³/mol. The van der Waals surface area contributed by atoms with Gasteiger partial charge in [-0.3, -0.25) is 9.59 Å². The van der Waals surface area contributed by atoms with Crippen LogP contribution in [0, 0.1) is 0 Å². The fourth-order valence-electron chi connectivity index (χ4n) is 3.28. The Bertz CT molecular complexity index is 1390. The highest BCUT2D eigenvalue weighted by atomic mass is 32.1. The molecule has 0 radical (unpaired) electrons. The molecule has 4 rings (SSSR count). The van der Waals surface area contributed by atoms with Crippen molar-refractivity contribution in [3.63, 3.8) is 0 Å². The zero-order valence-electron chi connectivity index (χ0n) is 17.2. The van der Waals surface area contributed by atoms with E-state index < -0.39 is 23.1 Å². The second kappa shape index (κ2) is 9.40. The number of alkyl halides is 3. The SMILES string of the molecule is O=CO/C=C/c1ccc(Oc2c(C(=O)c3ccccc3C(F)(F)F)sc3cc(O)ccc23)cc1. The van der Waals surface area contributed by atoms with Crippen molar-refractivity contribution in [1.82, 2.24) is 0 Å². The van der Waals surface area contributed by atoms with Gasteiger partial charge in [0.2, 0.25) is 5.78 Å². The van der Waals surface area contributed by atoms with Crippen LogP contribution in [0.3, 0.4) is 0 Å². The smallest absolute Gasteiger partial charge is 0.417 e. The van der Waals surface area contributed by atoms with E-state index in [-0.39, 0.29) is 22.8 Å². The Morgan fingerprint density at radius 3 is 2.44 bits per heavy atom. The molecule has 0 aliphatic heterocycles. The molecule has 0 saturated heterocycles. The summed E-state index contributed by atoms with van der Waals surface area (Å²) in [6.07, 6.45) is -1.96. The summed E-state index contributed by atoms with van der Waals surface area (Å²) in [7, 11) is 0. The Morgan fingerprint density at radius 1 is 1.00 bits per heavy atom. The zero-order chi connectivity index (χ0) is 24.3. The van der Waals surface area contributed by atoms with E-state index in [0.29, 0.717) is 21.4 Å². The van der Waals surface area contributed by atoms with Crippen LogP contribution in [0.4, 0.5) is 13.2 Å². The summed E-state index contributed by atoms with van der Waals surface area (Å²) >= 11 is 0.934. The van der Waals surface area contributed by atoms with E-state index in [0.717, 1.165) is 23.5 Å². The van der Waals surface area contributed by atoms with Crippen molar-refractivity contribution in [3.05, 3.63) is 94.6 Å². The number of hydrogen-bond acceptors (Lipinski definition) is 6. The normalized spacial score (nSPS) is 11.6. The van der Waals surface area contributed by atoms with Crippen molar-refractivity contribution in [3.8, 4) is 17.2 Å². The topological polar surface area (TPSA) is 72.8 Å². The maximum atomic E-state index is 13.5. The molecule has 3 aromatic carbocycles. The lowest BCUT2D eigenvalue weighted by molar-refractivity contribution is -0.137. The Morgan fingerprint density at radius 2 is 1.74 bits per heavy atom. The van der Waals surface area contributed by atoms with Gasteiger partial charge in [-0.2, -0.15) is 13.2 Å². The number of halogens is 3. The van der Waals surface area contributed by atoms with Crippen LogP contribution in [0.1, 0.15) is 26.4 Å². The Balaban J connectivity index is 1.77. The number of ketones is 1. The molecule has 5 nitrogen and oxygen atoms in total. The third-order valence-electron chi connectivity index (χ3n) is 4.81. The van der Waals surface area contributed by atoms with E-state index >= 15 is 0 Å². The van der Waals surface area contributed by atoms with Crippen LogP contribution in [-0.4, -0.2) is 17.4 Å². The minimum Gasteiger partial charge on any atom is -0.508 e. The number of thiophene rings is 1. The summed E-state index contributed by atoms with van der Waals surface area (Å²) in [4.78, 5) is 23.5. The first kappa shape index (κ1) is 23.1. The van der Waals surface area contributed by atoms with E-state index in [4.69, 9.17) is 4.74 Å². The van der Waals surface area contributed by atoms with Gasteiger partial charge in [0, 0.05) is 15.6 Å². The van der Waals surface area contributed by atoms with E-state index in [1.54, 1.807) is 30.3 Å². The third kappa shape index (κ3) is 4.79. The summed E-state index contributed by atoms with van der Waals surface area (Å²) in [5, 5.41) is 10.3. The molecule has 4 aromatic rings. The number of benzene rings is 3. The first-order valence-electron chi connectivity index (χ1n) is 9.78. The number of carbonyl (C=O) groups excluding carboxylic acids is 2. The molecule has 0 amide bonds. The average molecular weight is 484 g/mol. The van der Waals surface area contributed by atoms with Gasteiger partial charge in [0.05, 0.1) is 11.8 Å². The number of rotatable bonds is 7. The lowest BCUT2D eigenvalue weighted by Gasteiger charge is -2.12. The standard InChI is InChI=1S/C25H15F3O5S/c26-25(27,28)20-4-2-1-3-18(20)22(31)24-23(19-10-7-16(30)13-21(19)34-24)33-17-8-5-15(6-9-17)11-12-32-14-29/h1-14,30H/b12-11+. The van der Waals surface area contributed by atoms with Gasteiger partial charge in [-0.05, 0) is 48.0 Å². The van der Waals surface area contributed by atoms with Crippen LogP contribution in [0.2, 0.25) is 0 Å². The van der Waals surface area contributed by atoms with Crippen molar-refractivity contribution < 1.29 is 37.3 Å². The van der Waals surface area contributed by atoms with E-state index in [2.05, 4.69) is 4.74 Å². The number of aromatic hydroxyl groups is 1. The molecule has 0 saturated carbocycles. The summed E-state index contributed by atoms with van der Waals surface area (Å²) in [6.45, 7) is 0.281. The minimum atomic E-state index is -4.71. The largest absolute Gasteiger partial charge is 0.508 e. The van der Waals surface area contributed by atoms with Crippen molar-refractivity contribution in [2.45, 2.75) is 6.18 Å². The molecule has 0 atom stereocenters. The van der Waals surface area contributed by atoms with E-state index in [1.165, 1.54) is 36.6 Å².